The highest BCUT2D eigenvalue weighted by Gasteiger charge is 2.21. The second kappa shape index (κ2) is 11.3. The van der Waals surface area contributed by atoms with Crippen molar-refractivity contribution in [3.8, 4) is 5.75 Å². The number of hydrogen-bond acceptors (Lipinski definition) is 4. The van der Waals surface area contributed by atoms with E-state index in [0.29, 0.717) is 39.1 Å². The molecule has 6 nitrogen and oxygen atoms in total. The van der Waals surface area contributed by atoms with Crippen molar-refractivity contribution < 1.29 is 17.9 Å². The smallest absolute Gasteiger partial charge is 0.243 e. The van der Waals surface area contributed by atoms with Crippen molar-refractivity contribution in [3.05, 3.63) is 59.2 Å². The third-order valence-electron chi connectivity index (χ3n) is 5.21. The molecule has 2 rings (SSSR count). The topological polar surface area (TPSA) is 66.9 Å². The molecule has 0 bridgehead atoms. The largest absolute Gasteiger partial charge is 0.492 e. The third-order valence-corrected chi connectivity index (χ3v) is 7.27. The molecule has 0 aromatic heterocycles. The summed E-state index contributed by atoms with van der Waals surface area (Å²) in [6.07, 6.45) is 0.925. The molecule has 0 fully saturated rings. The van der Waals surface area contributed by atoms with E-state index in [0.717, 1.165) is 22.4 Å². The molecule has 0 aliphatic rings. The number of sulfonamides is 1. The lowest BCUT2D eigenvalue weighted by atomic mass is 10.1. The summed E-state index contributed by atoms with van der Waals surface area (Å²) >= 11 is 0. The van der Waals surface area contributed by atoms with Gasteiger partial charge in [0, 0.05) is 26.6 Å². The van der Waals surface area contributed by atoms with Crippen LogP contribution >= 0.6 is 0 Å². The Balaban J connectivity index is 1.83. The summed E-state index contributed by atoms with van der Waals surface area (Å²) in [5.74, 6) is 0.849. The number of carbonyl (C=O) groups excluding carboxylic acids is 1. The van der Waals surface area contributed by atoms with Gasteiger partial charge in [-0.05, 0) is 61.2 Å². The molecule has 0 N–H and O–H groups in total. The number of likely N-dealkylation sites (N-methyl/N-ethyl adjacent to an activating group) is 1. The Morgan fingerprint density at radius 1 is 0.968 bits per heavy atom. The number of aryl methyl sites for hydroxylation is 3. The fourth-order valence-corrected chi connectivity index (χ4v) is 4.88. The second-order valence-electron chi connectivity index (χ2n) is 7.72. The van der Waals surface area contributed by atoms with Crippen molar-refractivity contribution in [1.82, 2.24) is 9.21 Å². The van der Waals surface area contributed by atoms with Crippen LogP contribution in [0.3, 0.4) is 0 Å². The third kappa shape index (κ3) is 7.08. The molecule has 0 unspecified atom stereocenters. The van der Waals surface area contributed by atoms with Crippen LogP contribution in [0.25, 0.3) is 0 Å². The van der Waals surface area contributed by atoms with Gasteiger partial charge in [0.2, 0.25) is 15.9 Å². The van der Waals surface area contributed by atoms with Crippen LogP contribution in [-0.2, 0) is 21.2 Å². The number of benzene rings is 2. The van der Waals surface area contributed by atoms with Gasteiger partial charge in [-0.15, -0.1) is 0 Å². The molecule has 0 spiro atoms. The standard InChI is InChI=1S/C24H34N2O4S/c1-6-26(7-2)31(28,29)23-11-8-21(9-12-23)10-13-24(27)25(5)14-15-30-22-17-19(3)16-20(4)18-22/h8-9,11-12,16-18H,6-7,10,13-15H2,1-5H3. The van der Waals surface area contributed by atoms with E-state index in [-0.39, 0.29) is 10.8 Å². The van der Waals surface area contributed by atoms with Gasteiger partial charge in [0.05, 0.1) is 11.4 Å². The highest BCUT2D eigenvalue weighted by atomic mass is 32.2. The van der Waals surface area contributed by atoms with Crippen molar-refractivity contribution in [3.63, 3.8) is 0 Å². The first-order valence-corrected chi connectivity index (χ1v) is 12.2. The molecule has 0 radical (unpaired) electrons. The maximum absolute atomic E-state index is 12.6. The van der Waals surface area contributed by atoms with Gasteiger partial charge in [-0.2, -0.15) is 4.31 Å². The van der Waals surface area contributed by atoms with Crippen LogP contribution in [0, 0.1) is 13.8 Å². The van der Waals surface area contributed by atoms with E-state index < -0.39 is 10.0 Å². The Bertz CT molecular complexity index is 947. The number of ether oxygens (including phenoxy) is 1. The zero-order valence-corrected chi connectivity index (χ0v) is 20.0. The summed E-state index contributed by atoms with van der Waals surface area (Å²) in [6, 6.07) is 12.9. The lowest BCUT2D eigenvalue weighted by molar-refractivity contribution is -0.130. The van der Waals surface area contributed by atoms with Gasteiger partial charge in [0.15, 0.2) is 0 Å². The van der Waals surface area contributed by atoms with Crippen LogP contribution < -0.4 is 4.74 Å². The van der Waals surface area contributed by atoms with Crippen LogP contribution in [0.1, 0.15) is 37.0 Å². The first kappa shape index (κ1) is 24.9. The molecule has 170 valence electrons. The summed E-state index contributed by atoms with van der Waals surface area (Å²) in [7, 11) is -1.69. The van der Waals surface area contributed by atoms with E-state index in [9.17, 15) is 13.2 Å². The minimum Gasteiger partial charge on any atom is -0.492 e. The SMILES string of the molecule is CCN(CC)S(=O)(=O)c1ccc(CCC(=O)N(C)CCOc2cc(C)cc(C)c2)cc1. The Morgan fingerprint density at radius 3 is 2.10 bits per heavy atom. The quantitative estimate of drug-likeness (QED) is 0.527. The van der Waals surface area contributed by atoms with Gasteiger partial charge >= 0.3 is 0 Å². The van der Waals surface area contributed by atoms with Crippen molar-refractivity contribution in [1.29, 1.82) is 0 Å². The number of amides is 1. The summed E-state index contributed by atoms with van der Waals surface area (Å²) < 4.78 is 32.3. The fourth-order valence-electron chi connectivity index (χ4n) is 3.42. The molecule has 0 aliphatic heterocycles. The van der Waals surface area contributed by atoms with Gasteiger partial charge in [-0.25, -0.2) is 8.42 Å². The van der Waals surface area contributed by atoms with E-state index in [2.05, 4.69) is 6.07 Å². The van der Waals surface area contributed by atoms with Crippen LogP contribution in [0.2, 0.25) is 0 Å². The fraction of sp³-hybridized carbons (Fsp3) is 0.458. The lowest BCUT2D eigenvalue weighted by Crippen LogP contribution is -2.31. The van der Waals surface area contributed by atoms with E-state index in [4.69, 9.17) is 4.74 Å². The molecule has 1 amide bonds. The zero-order valence-electron chi connectivity index (χ0n) is 19.2. The number of nitrogens with zero attached hydrogens (tertiary/aromatic N) is 2. The molecule has 0 atom stereocenters. The predicted molar refractivity (Wildman–Crippen MR) is 124 cm³/mol. The highest BCUT2D eigenvalue weighted by molar-refractivity contribution is 7.89. The van der Waals surface area contributed by atoms with Gasteiger partial charge in [0.25, 0.3) is 0 Å². The van der Waals surface area contributed by atoms with E-state index in [1.807, 2.05) is 39.8 Å². The van der Waals surface area contributed by atoms with Crippen molar-refractivity contribution in [2.24, 2.45) is 0 Å². The van der Waals surface area contributed by atoms with Gasteiger partial charge in [-0.1, -0.05) is 32.0 Å². The monoisotopic (exact) mass is 446 g/mol. The number of rotatable bonds is 11. The van der Waals surface area contributed by atoms with Gasteiger partial charge in [0.1, 0.15) is 12.4 Å². The highest BCUT2D eigenvalue weighted by Crippen LogP contribution is 2.18. The summed E-state index contributed by atoms with van der Waals surface area (Å²) in [5.41, 5.74) is 3.23. The molecule has 0 saturated carbocycles. The molecule has 7 heteroatoms. The number of carbonyl (C=O) groups is 1. The minimum absolute atomic E-state index is 0.0314. The Kier molecular flexibility index (Phi) is 9.07. The predicted octanol–water partition coefficient (Wildman–Crippen LogP) is 3.80. The van der Waals surface area contributed by atoms with E-state index in [1.165, 1.54) is 4.31 Å². The Hall–Kier alpha value is -2.38. The second-order valence-corrected chi connectivity index (χ2v) is 9.66. The minimum atomic E-state index is -3.46. The van der Waals surface area contributed by atoms with Crippen LogP contribution in [0.5, 0.6) is 5.75 Å². The summed E-state index contributed by atoms with van der Waals surface area (Å²) in [4.78, 5) is 14.4. The van der Waals surface area contributed by atoms with Crippen molar-refractivity contribution in [2.45, 2.75) is 45.4 Å². The molecule has 2 aromatic rings. The first-order chi connectivity index (χ1) is 14.7. The summed E-state index contributed by atoms with van der Waals surface area (Å²) in [6.45, 7) is 9.52. The van der Waals surface area contributed by atoms with E-state index in [1.54, 1.807) is 36.2 Å². The molecule has 0 aliphatic carbocycles. The number of hydrogen-bond donors (Lipinski definition) is 0. The maximum Gasteiger partial charge on any atom is 0.243 e. The molecule has 2 aromatic carbocycles. The molecular formula is C24H34N2O4S. The Labute approximate surface area is 186 Å². The molecule has 0 heterocycles. The van der Waals surface area contributed by atoms with Crippen molar-refractivity contribution >= 4 is 15.9 Å². The van der Waals surface area contributed by atoms with Crippen LogP contribution in [0.15, 0.2) is 47.4 Å². The average molecular weight is 447 g/mol. The molecule has 31 heavy (non-hydrogen) atoms. The molecule has 0 saturated heterocycles. The van der Waals surface area contributed by atoms with Crippen LogP contribution in [-0.4, -0.2) is 56.8 Å². The van der Waals surface area contributed by atoms with Gasteiger partial charge in [-0.3, -0.25) is 4.79 Å². The first-order valence-electron chi connectivity index (χ1n) is 10.7. The van der Waals surface area contributed by atoms with E-state index >= 15 is 0 Å². The zero-order chi connectivity index (χ0) is 23.0. The maximum atomic E-state index is 12.6. The molecular weight excluding hydrogens is 412 g/mol. The summed E-state index contributed by atoms with van der Waals surface area (Å²) in [5, 5.41) is 0. The Morgan fingerprint density at radius 2 is 1.55 bits per heavy atom. The van der Waals surface area contributed by atoms with Crippen molar-refractivity contribution in [2.75, 3.05) is 33.3 Å². The lowest BCUT2D eigenvalue weighted by Gasteiger charge is -2.19. The normalized spacial score (nSPS) is 11.5. The average Bonchev–Trinajstić information content (AvgIpc) is 2.72. The van der Waals surface area contributed by atoms with Crippen LogP contribution in [0.4, 0.5) is 0 Å². The van der Waals surface area contributed by atoms with Gasteiger partial charge < -0.3 is 9.64 Å².